The van der Waals surface area contributed by atoms with E-state index in [0.29, 0.717) is 5.56 Å². The quantitative estimate of drug-likeness (QED) is 0.821. The van der Waals surface area contributed by atoms with Gasteiger partial charge in [-0.2, -0.15) is 0 Å². The molecule has 1 aromatic rings. The number of benzene rings is 1. The first kappa shape index (κ1) is 12.6. The van der Waals surface area contributed by atoms with E-state index in [1.165, 1.54) is 0 Å². The summed E-state index contributed by atoms with van der Waals surface area (Å²) in [5, 5.41) is 2.61. The van der Waals surface area contributed by atoms with Crippen LogP contribution in [0.4, 0.5) is 0 Å². The fourth-order valence-electron chi connectivity index (χ4n) is 0.936. The molecule has 0 aliphatic carbocycles. The maximum Gasteiger partial charge on any atom is 0.252 e. The van der Waals surface area contributed by atoms with E-state index in [9.17, 15) is 4.79 Å². The molecular weight excluding hydrogens is 344 g/mol. The van der Waals surface area contributed by atoms with Crippen LogP contribution in [0.25, 0.3) is 0 Å². The third-order valence-corrected chi connectivity index (χ3v) is 2.89. The summed E-state index contributed by atoms with van der Waals surface area (Å²) in [7, 11) is 0. The Hall–Kier alpha value is -0.460. The zero-order valence-electron chi connectivity index (χ0n) is 7.59. The predicted molar refractivity (Wildman–Crippen MR) is 71.0 cm³/mol. The number of hydrogen-bond donors (Lipinski definition) is 2. The van der Waals surface area contributed by atoms with Crippen molar-refractivity contribution in [2.75, 3.05) is 6.54 Å². The maximum atomic E-state index is 11.6. The maximum absolute atomic E-state index is 11.6. The number of hydrogen-bond acceptors (Lipinski definition) is 2. The second-order valence-corrected chi connectivity index (χ2v) is 5.07. The molecule has 0 aliphatic heterocycles. The number of carbonyl (C=O) groups excluding carboxylic acids is 1. The van der Waals surface area contributed by atoms with Gasteiger partial charge >= 0.3 is 0 Å². The summed E-state index contributed by atoms with van der Waals surface area (Å²) in [5.74, 6) is -0.206. The average Bonchev–Trinajstić information content (AvgIpc) is 2.14. The van der Waals surface area contributed by atoms with Crippen molar-refractivity contribution in [3.63, 3.8) is 0 Å². The van der Waals surface area contributed by atoms with Crippen LogP contribution in [0.3, 0.4) is 0 Å². The van der Waals surface area contributed by atoms with E-state index in [4.69, 9.17) is 5.73 Å². The van der Waals surface area contributed by atoms with Crippen molar-refractivity contribution in [2.24, 2.45) is 5.73 Å². The van der Waals surface area contributed by atoms with Gasteiger partial charge in [0.25, 0.3) is 5.91 Å². The number of halogens is 2. The summed E-state index contributed by atoms with van der Waals surface area (Å²) in [6.07, 6.45) is 0. The van der Waals surface area contributed by atoms with Gasteiger partial charge < -0.3 is 11.1 Å². The minimum absolute atomic E-state index is 0.205. The summed E-state index contributed by atoms with van der Waals surface area (Å²) in [4.78, 5) is 11.9. The molecule has 1 aromatic carbocycles. The normalized spacial score (nSPS) is 9.73. The van der Waals surface area contributed by atoms with E-state index < -0.39 is 0 Å². The summed E-state index contributed by atoms with van der Waals surface area (Å²) in [6.45, 7) is 0.205. The van der Waals surface area contributed by atoms with Gasteiger partial charge in [0.15, 0.2) is 0 Å². The van der Waals surface area contributed by atoms with E-state index in [2.05, 4.69) is 49.4 Å². The Bertz CT molecular complexity index is 409. The minimum Gasteiger partial charge on any atom is -0.392 e. The standard InChI is InChI=1S/C9H8Br2N2OS/c10-5-1-2-6(7(11)3-5)9(14)13-4-8(12)15/h1-3H,4H2,(H2,12,15)(H,13,14). The number of rotatable bonds is 3. The van der Waals surface area contributed by atoms with Crippen LogP contribution in [0.5, 0.6) is 0 Å². The van der Waals surface area contributed by atoms with Crippen molar-refractivity contribution in [3.8, 4) is 0 Å². The molecule has 80 valence electrons. The molecule has 0 radical (unpaired) electrons. The Morgan fingerprint density at radius 2 is 2.13 bits per heavy atom. The molecule has 0 spiro atoms. The molecule has 1 rings (SSSR count). The van der Waals surface area contributed by atoms with Crippen molar-refractivity contribution in [1.29, 1.82) is 0 Å². The van der Waals surface area contributed by atoms with Gasteiger partial charge in [0, 0.05) is 8.95 Å². The molecular formula is C9H8Br2N2OS. The molecule has 0 aliphatic rings. The van der Waals surface area contributed by atoms with Crippen LogP contribution >= 0.6 is 44.1 Å². The Morgan fingerprint density at radius 3 is 2.67 bits per heavy atom. The summed E-state index contributed by atoms with van der Waals surface area (Å²) in [5.41, 5.74) is 5.83. The molecule has 0 saturated carbocycles. The van der Waals surface area contributed by atoms with E-state index in [1.807, 2.05) is 0 Å². The predicted octanol–water partition coefficient (Wildman–Crippen LogP) is 2.23. The lowest BCUT2D eigenvalue weighted by molar-refractivity contribution is 0.0958. The SMILES string of the molecule is NC(=S)CNC(=O)c1ccc(Br)cc1Br. The smallest absolute Gasteiger partial charge is 0.252 e. The fraction of sp³-hybridized carbons (Fsp3) is 0.111. The van der Waals surface area contributed by atoms with Crippen LogP contribution in [0.15, 0.2) is 27.1 Å². The molecule has 6 heteroatoms. The van der Waals surface area contributed by atoms with Crippen LogP contribution in [-0.2, 0) is 0 Å². The molecule has 3 nitrogen and oxygen atoms in total. The molecule has 0 aromatic heterocycles. The van der Waals surface area contributed by atoms with Crippen molar-refractivity contribution in [3.05, 3.63) is 32.7 Å². The highest BCUT2D eigenvalue weighted by Crippen LogP contribution is 2.21. The Morgan fingerprint density at radius 1 is 1.47 bits per heavy atom. The third kappa shape index (κ3) is 3.89. The van der Waals surface area contributed by atoms with Crippen LogP contribution in [0, 0.1) is 0 Å². The molecule has 0 fully saturated rings. The first-order chi connectivity index (χ1) is 7.00. The molecule has 15 heavy (non-hydrogen) atoms. The molecule has 0 atom stereocenters. The first-order valence-corrected chi connectivity index (χ1v) is 6.01. The van der Waals surface area contributed by atoms with Crippen LogP contribution in [-0.4, -0.2) is 17.4 Å². The molecule has 0 bridgehead atoms. The van der Waals surface area contributed by atoms with Gasteiger partial charge in [0.1, 0.15) is 0 Å². The molecule has 0 heterocycles. The van der Waals surface area contributed by atoms with Gasteiger partial charge in [0.2, 0.25) is 0 Å². The van der Waals surface area contributed by atoms with E-state index in [1.54, 1.807) is 18.2 Å². The topological polar surface area (TPSA) is 55.1 Å². The monoisotopic (exact) mass is 350 g/mol. The lowest BCUT2D eigenvalue weighted by Gasteiger charge is -2.06. The van der Waals surface area contributed by atoms with Crippen LogP contribution in [0.1, 0.15) is 10.4 Å². The van der Waals surface area contributed by atoms with Crippen molar-refractivity contribution >= 4 is 55.0 Å². The van der Waals surface area contributed by atoms with Crippen molar-refractivity contribution < 1.29 is 4.79 Å². The zero-order valence-corrected chi connectivity index (χ0v) is 11.6. The van der Waals surface area contributed by atoms with Crippen LogP contribution in [0.2, 0.25) is 0 Å². The first-order valence-electron chi connectivity index (χ1n) is 4.02. The van der Waals surface area contributed by atoms with E-state index >= 15 is 0 Å². The second-order valence-electron chi connectivity index (χ2n) is 2.77. The largest absolute Gasteiger partial charge is 0.392 e. The van der Waals surface area contributed by atoms with E-state index in [0.717, 1.165) is 8.95 Å². The molecule has 3 N–H and O–H groups in total. The number of carbonyl (C=O) groups is 1. The summed E-state index contributed by atoms with van der Waals surface area (Å²) >= 11 is 11.3. The van der Waals surface area contributed by atoms with Gasteiger partial charge in [-0.25, -0.2) is 0 Å². The van der Waals surface area contributed by atoms with E-state index in [-0.39, 0.29) is 17.4 Å². The highest BCUT2D eigenvalue weighted by Gasteiger charge is 2.09. The zero-order chi connectivity index (χ0) is 11.4. The summed E-state index contributed by atoms with van der Waals surface area (Å²) < 4.78 is 1.62. The lowest BCUT2D eigenvalue weighted by Crippen LogP contribution is -2.32. The summed E-state index contributed by atoms with van der Waals surface area (Å²) in [6, 6.07) is 5.30. The van der Waals surface area contributed by atoms with Crippen molar-refractivity contribution in [1.82, 2.24) is 5.32 Å². The number of amides is 1. The minimum atomic E-state index is -0.206. The highest BCUT2D eigenvalue weighted by atomic mass is 79.9. The van der Waals surface area contributed by atoms with Gasteiger partial charge in [-0.05, 0) is 34.1 Å². The van der Waals surface area contributed by atoms with Gasteiger partial charge in [0.05, 0.1) is 17.1 Å². The molecule has 0 unspecified atom stereocenters. The Balaban J connectivity index is 2.78. The van der Waals surface area contributed by atoms with Gasteiger partial charge in [-0.15, -0.1) is 0 Å². The number of nitrogens with one attached hydrogen (secondary N) is 1. The van der Waals surface area contributed by atoms with Crippen LogP contribution < -0.4 is 11.1 Å². The Labute approximate surface area is 110 Å². The Kier molecular flexibility index (Phi) is 4.69. The number of thiocarbonyl (C=S) groups is 1. The van der Waals surface area contributed by atoms with Gasteiger partial charge in [-0.3, -0.25) is 4.79 Å². The second kappa shape index (κ2) is 5.58. The van der Waals surface area contributed by atoms with Gasteiger partial charge in [-0.1, -0.05) is 28.1 Å². The fourth-order valence-corrected chi connectivity index (χ4v) is 2.24. The third-order valence-electron chi connectivity index (χ3n) is 1.60. The highest BCUT2D eigenvalue weighted by molar-refractivity contribution is 9.11. The van der Waals surface area contributed by atoms with Crippen molar-refractivity contribution in [2.45, 2.75) is 0 Å². The average molecular weight is 352 g/mol. The lowest BCUT2D eigenvalue weighted by atomic mass is 10.2. The molecule has 1 amide bonds. The number of nitrogens with two attached hydrogens (primary N) is 1. The molecule has 0 saturated heterocycles.